The van der Waals surface area contributed by atoms with E-state index < -0.39 is 0 Å². The monoisotopic (exact) mass is 255 g/mol. The second-order valence-corrected chi connectivity index (χ2v) is 5.00. The molecule has 96 valence electrons. The van der Waals surface area contributed by atoms with E-state index in [0.717, 1.165) is 12.2 Å². The van der Waals surface area contributed by atoms with Gasteiger partial charge in [-0.05, 0) is 26.5 Å². The van der Waals surface area contributed by atoms with Crippen molar-refractivity contribution >= 4 is 17.7 Å². The van der Waals surface area contributed by atoms with Crippen LogP contribution in [0.4, 0.5) is 5.95 Å². The summed E-state index contributed by atoms with van der Waals surface area (Å²) in [5.74, 6) is 2.32. The maximum Gasteiger partial charge on any atom is 0.226 e. The van der Waals surface area contributed by atoms with Gasteiger partial charge in [-0.2, -0.15) is 16.7 Å². The molecule has 1 aromatic heterocycles. The van der Waals surface area contributed by atoms with Crippen LogP contribution in [0.1, 0.15) is 27.2 Å². The highest BCUT2D eigenvalue weighted by molar-refractivity contribution is 7.98. The minimum atomic E-state index is 0.130. The number of aromatic nitrogens is 2. The van der Waals surface area contributed by atoms with Crippen LogP contribution >= 0.6 is 11.8 Å². The first kappa shape index (κ1) is 14.1. The van der Waals surface area contributed by atoms with Gasteiger partial charge in [-0.3, -0.25) is 0 Å². The summed E-state index contributed by atoms with van der Waals surface area (Å²) >= 11 is 1.82. The minimum absolute atomic E-state index is 0.130. The highest BCUT2D eigenvalue weighted by Crippen LogP contribution is 2.12. The zero-order chi connectivity index (χ0) is 12.7. The number of nitrogens with one attached hydrogen (secondary N) is 1. The van der Waals surface area contributed by atoms with Crippen molar-refractivity contribution < 1.29 is 4.74 Å². The molecule has 4 nitrogen and oxygen atoms in total. The molecule has 0 bridgehead atoms. The molecule has 0 aliphatic heterocycles. The first-order valence-electron chi connectivity index (χ1n) is 5.90. The van der Waals surface area contributed by atoms with Crippen molar-refractivity contribution in [2.45, 2.75) is 39.3 Å². The number of ether oxygens (including phenoxy) is 1. The van der Waals surface area contributed by atoms with E-state index in [9.17, 15) is 0 Å². The zero-order valence-electron chi connectivity index (χ0n) is 10.9. The molecular weight excluding hydrogens is 234 g/mol. The Bertz CT molecular complexity index is 333. The van der Waals surface area contributed by atoms with Crippen molar-refractivity contribution in [1.29, 1.82) is 0 Å². The van der Waals surface area contributed by atoms with Gasteiger partial charge in [0.2, 0.25) is 11.8 Å². The molecule has 1 heterocycles. The fourth-order valence-electron chi connectivity index (χ4n) is 1.36. The Balaban J connectivity index is 2.63. The highest BCUT2D eigenvalue weighted by Gasteiger charge is 2.08. The molecule has 0 spiro atoms. The smallest absolute Gasteiger partial charge is 0.226 e. The summed E-state index contributed by atoms with van der Waals surface area (Å²) in [5, 5.41) is 3.32. The van der Waals surface area contributed by atoms with E-state index in [4.69, 9.17) is 4.74 Å². The van der Waals surface area contributed by atoms with Gasteiger partial charge in [0.25, 0.3) is 0 Å². The van der Waals surface area contributed by atoms with Gasteiger partial charge in [-0.25, -0.2) is 4.98 Å². The van der Waals surface area contributed by atoms with E-state index in [2.05, 4.69) is 28.5 Å². The third kappa shape index (κ3) is 5.26. The van der Waals surface area contributed by atoms with Crippen molar-refractivity contribution in [3.63, 3.8) is 0 Å². The van der Waals surface area contributed by atoms with E-state index in [1.165, 1.54) is 0 Å². The number of hydrogen-bond acceptors (Lipinski definition) is 5. The normalized spacial score (nSPS) is 12.5. The number of hydrogen-bond donors (Lipinski definition) is 1. The minimum Gasteiger partial charge on any atom is -0.475 e. The summed E-state index contributed by atoms with van der Waals surface area (Å²) in [6.45, 7) is 6.12. The van der Waals surface area contributed by atoms with Gasteiger partial charge in [0.05, 0.1) is 6.10 Å². The standard InChI is InChI=1S/C12H21N3OS/c1-5-10(8-17-4)14-12-13-7-6-11(15-12)16-9(2)3/h6-7,9-10H,5,8H2,1-4H3,(H,13,14,15). The molecule has 1 rings (SSSR count). The van der Waals surface area contributed by atoms with Crippen LogP contribution in [0.25, 0.3) is 0 Å². The molecule has 0 saturated heterocycles. The van der Waals surface area contributed by atoms with Crippen LogP contribution in [0, 0.1) is 0 Å². The molecule has 5 heteroatoms. The average Bonchev–Trinajstić information content (AvgIpc) is 2.28. The van der Waals surface area contributed by atoms with Crippen molar-refractivity contribution in [1.82, 2.24) is 9.97 Å². The van der Waals surface area contributed by atoms with Gasteiger partial charge < -0.3 is 10.1 Å². The highest BCUT2D eigenvalue weighted by atomic mass is 32.2. The number of rotatable bonds is 7. The summed E-state index contributed by atoms with van der Waals surface area (Å²) < 4.78 is 5.53. The zero-order valence-corrected chi connectivity index (χ0v) is 11.8. The van der Waals surface area contributed by atoms with Crippen LogP contribution in [0.2, 0.25) is 0 Å². The molecule has 1 aromatic rings. The Labute approximate surface area is 108 Å². The van der Waals surface area contributed by atoms with Gasteiger partial charge in [0, 0.05) is 24.1 Å². The molecule has 0 radical (unpaired) electrons. The van der Waals surface area contributed by atoms with Gasteiger partial charge in [-0.1, -0.05) is 6.92 Å². The fourth-order valence-corrected chi connectivity index (χ4v) is 2.09. The van der Waals surface area contributed by atoms with Gasteiger partial charge in [0.15, 0.2) is 0 Å². The Morgan fingerprint density at radius 3 is 2.82 bits per heavy atom. The maximum atomic E-state index is 5.53. The third-order valence-corrected chi connectivity index (χ3v) is 2.92. The van der Waals surface area contributed by atoms with Crippen LogP contribution in [0.15, 0.2) is 12.3 Å². The van der Waals surface area contributed by atoms with Crippen LogP contribution in [-0.2, 0) is 0 Å². The lowest BCUT2D eigenvalue weighted by atomic mass is 10.3. The lowest BCUT2D eigenvalue weighted by Crippen LogP contribution is -2.22. The molecule has 0 saturated carbocycles. The Morgan fingerprint density at radius 1 is 1.47 bits per heavy atom. The summed E-state index contributed by atoms with van der Waals surface area (Å²) in [6, 6.07) is 2.18. The predicted octanol–water partition coefficient (Wildman–Crippen LogP) is 2.82. The number of anilines is 1. The SMILES string of the molecule is CCC(CSC)Nc1nccc(OC(C)C)n1. The van der Waals surface area contributed by atoms with Crippen molar-refractivity contribution in [2.24, 2.45) is 0 Å². The summed E-state index contributed by atoms with van der Waals surface area (Å²) in [6.07, 6.45) is 5.01. The van der Waals surface area contributed by atoms with Gasteiger partial charge in [0.1, 0.15) is 0 Å². The average molecular weight is 255 g/mol. The molecule has 1 N–H and O–H groups in total. The number of nitrogens with zero attached hydrogens (tertiary/aromatic N) is 2. The van der Waals surface area contributed by atoms with Crippen LogP contribution < -0.4 is 10.1 Å². The van der Waals surface area contributed by atoms with Crippen LogP contribution in [-0.4, -0.2) is 34.1 Å². The van der Waals surface area contributed by atoms with Crippen LogP contribution in [0.5, 0.6) is 5.88 Å². The lowest BCUT2D eigenvalue weighted by molar-refractivity contribution is 0.232. The maximum absolute atomic E-state index is 5.53. The van der Waals surface area contributed by atoms with E-state index in [1.807, 2.05) is 25.6 Å². The molecule has 17 heavy (non-hydrogen) atoms. The van der Waals surface area contributed by atoms with Crippen molar-refractivity contribution in [3.05, 3.63) is 12.3 Å². The molecule has 0 aromatic carbocycles. The van der Waals surface area contributed by atoms with Crippen molar-refractivity contribution in [2.75, 3.05) is 17.3 Å². The Hall–Kier alpha value is -0.970. The van der Waals surface area contributed by atoms with Crippen LogP contribution in [0.3, 0.4) is 0 Å². The van der Waals surface area contributed by atoms with E-state index in [-0.39, 0.29) is 6.10 Å². The summed E-state index contributed by atoms with van der Waals surface area (Å²) in [4.78, 5) is 8.53. The fraction of sp³-hybridized carbons (Fsp3) is 0.667. The van der Waals surface area contributed by atoms with Gasteiger partial charge in [-0.15, -0.1) is 0 Å². The summed E-state index contributed by atoms with van der Waals surface area (Å²) in [5.41, 5.74) is 0. The molecule has 0 fully saturated rings. The molecule has 0 aliphatic rings. The van der Waals surface area contributed by atoms with E-state index in [0.29, 0.717) is 17.9 Å². The van der Waals surface area contributed by atoms with E-state index in [1.54, 1.807) is 12.3 Å². The Morgan fingerprint density at radius 2 is 2.24 bits per heavy atom. The van der Waals surface area contributed by atoms with E-state index >= 15 is 0 Å². The molecule has 0 amide bonds. The second kappa shape index (κ2) is 7.37. The van der Waals surface area contributed by atoms with Crippen molar-refractivity contribution in [3.8, 4) is 5.88 Å². The second-order valence-electron chi connectivity index (χ2n) is 4.09. The largest absolute Gasteiger partial charge is 0.475 e. The third-order valence-electron chi connectivity index (χ3n) is 2.18. The molecule has 0 aliphatic carbocycles. The predicted molar refractivity (Wildman–Crippen MR) is 73.9 cm³/mol. The molecule has 1 atom stereocenters. The number of thioether (sulfide) groups is 1. The summed E-state index contributed by atoms with van der Waals surface area (Å²) in [7, 11) is 0. The first-order valence-corrected chi connectivity index (χ1v) is 7.30. The quantitative estimate of drug-likeness (QED) is 0.812. The van der Waals surface area contributed by atoms with Gasteiger partial charge >= 0.3 is 0 Å². The Kier molecular flexibility index (Phi) is 6.11. The topological polar surface area (TPSA) is 47.0 Å². The molecular formula is C12H21N3OS. The lowest BCUT2D eigenvalue weighted by Gasteiger charge is -2.16. The molecule has 1 unspecified atom stereocenters. The first-order chi connectivity index (χ1) is 8.15.